The third kappa shape index (κ3) is 2.59. The Hall–Kier alpha value is -0.870. The summed E-state index contributed by atoms with van der Waals surface area (Å²) in [6.07, 6.45) is 3.08. The van der Waals surface area contributed by atoms with Crippen LogP contribution in [0.15, 0.2) is 24.3 Å². The highest BCUT2D eigenvalue weighted by atomic mass is 32.2. The zero-order valence-corrected chi connectivity index (χ0v) is 11.7. The first-order valence-corrected chi connectivity index (χ1v) is 8.33. The van der Waals surface area contributed by atoms with E-state index < -0.39 is 9.84 Å². The topological polar surface area (TPSA) is 60.2 Å². The molecule has 3 nitrogen and oxygen atoms in total. The maximum absolute atomic E-state index is 11.9. The highest BCUT2D eigenvalue weighted by molar-refractivity contribution is 7.91. The Kier molecular flexibility index (Phi) is 3.78. The summed E-state index contributed by atoms with van der Waals surface area (Å²) in [6, 6.07) is 8.11. The SMILES string of the molecule is CCS(=O)(=O)CC1(c2ccc(CN)cc2)CCC1. The zero-order chi connectivity index (χ0) is 13.2. The van der Waals surface area contributed by atoms with Crippen molar-refractivity contribution in [2.24, 2.45) is 5.73 Å². The van der Waals surface area contributed by atoms with E-state index in [-0.39, 0.29) is 11.2 Å². The van der Waals surface area contributed by atoms with Crippen LogP contribution in [0.4, 0.5) is 0 Å². The van der Waals surface area contributed by atoms with Gasteiger partial charge in [-0.15, -0.1) is 0 Å². The predicted octanol–water partition coefficient (Wildman–Crippen LogP) is 2.00. The number of sulfone groups is 1. The Balaban J connectivity index is 2.26. The van der Waals surface area contributed by atoms with Crippen molar-refractivity contribution in [3.63, 3.8) is 0 Å². The van der Waals surface area contributed by atoms with E-state index in [1.165, 1.54) is 0 Å². The zero-order valence-electron chi connectivity index (χ0n) is 10.9. The van der Waals surface area contributed by atoms with Crippen LogP contribution in [0.3, 0.4) is 0 Å². The van der Waals surface area contributed by atoms with Gasteiger partial charge in [0, 0.05) is 17.7 Å². The van der Waals surface area contributed by atoms with Gasteiger partial charge in [-0.1, -0.05) is 37.6 Å². The lowest BCUT2D eigenvalue weighted by molar-refractivity contribution is 0.274. The summed E-state index contributed by atoms with van der Waals surface area (Å²) in [4.78, 5) is 0. The second kappa shape index (κ2) is 5.02. The average Bonchev–Trinajstić information content (AvgIpc) is 2.34. The molecule has 0 unspecified atom stereocenters. The van der Waals surface area contributed by atoms with Gasteiger partial charge in [0.2, 0.25) is 0 Å². The standard InChI is InChI=1S/C14H21NO2S/c1-2-18(16,17)11-14(8-3-9-14)13-6-4-12(10-15)5-7-13/h4-7H,2-3,8-11,15H2,1H3. The van der Waals surface area contributed by atoms with Crippen molar-refractivity contribution in [2.75, 3.05) is 11.5 Å². The van der Waals surface area contributed by atoms with E-state index in [1.54, 1.807) is 6.92 Å². The van der Waals surface area contributed by atoms with E-state index >= 15 is 0 Å². The largest absolute Gasteiger partial charge is 0.326 e. The summed E-state index contributed by atoms with van der Waals surface area (Å²) in [7, 11) is -2.93. The molecule has 2 N–H and O–H groups in total. The molecule has 2 rings (SSSR count). The van der Waals surface area contributed by atoms with E-state index in [4.69, 9.17) is 5.73 Å². The summed E-state index contributed by atoms with van der Waals surface area (Å²) in [5.41, 5.74) is 7.69. The second-order valence-corrected chi connectivity index (χ2v) is 7.56. The first-order valence-electron chi connectivity index (χ1n) is 6.51. The Morgan fingerprint density at radius 3 is 2.22 bits per heavy atom. The minimum absolute atomic E-state index is 0.137. The Morgan fingerprint density at radius 1 is 1.22 bits per heavy atom. The molecule has 0 amide bonds. The summed E-state index contributed by atoms with van der Waals surface area (Å²) in [6.45, 7) is 2.25. The molecule has 0 radical (unpaired) electrons. The van der Waals surface area contributed by atoms with Crippen molar-refractivity contribution in [1.29, 1.82) is 0 Å². The molecule has 0 aromatic heterocycles. The van der Waals surface area contributed by atoms with Gasteiger partial charge in [0.25, 0.3) is 0 Å². The fourth-order valence-corrected chi connectivity index (χ4v) is 4.14. The van der Waals surface area contributed by atoms with Gasteiger partial charge >= 0.3 is 0 Å². The molecule has 0 heterocycles. The van der Waals surface area contributed by atoms with Gasteiger partial charge < -0.3 is 5.73 Å². The first-order chi connectivity index (χ1) is 8.51. The molecule has 0 bridgehead atoms. The molecule has 1 aliphatic carbocycles. The molecule has 0 aliphatic heterocycles. The van der Waals surface area contributed by atoms with Gasteiger partial charge in [0.1, 0.15) is 0 Å². The van der Waals surface area contributed by atoms with Crippen LogP contribution in [0.1, 0.15) is 37.3 Å². The third-order valence-corrected chi connectivity index (χ3v) is 5.92. The fraction of sp³-hybridized carbons (Fsp3) is 0.571. The molecular formula is C14H21NO2S. The number of hydrogen-bond acceptors (Lipinski definition) is 3. The molecule has 18 heavy (non-hydrogen) atoms. The molecule has 0 spiro atoms. The quantitative estimate of drug-likeness (QED) is 0.887. The second-order valence-electron chi connectivity index (χ2n) is 5.21. The van der Waals surface area contributed by atoms with Crippen molar-refractivity contribution in [1.82, 2.24) is 0 Å². The minimum atomic E-state index is -2.93. The molecule has 1 aromatic rings. The highest BCUT2D eigenvalue weighted by Gasteiger charge is 2.41. The van der Waals surface area contributed by atoms with Crippen LogP contribution in [0, 0.1) is 0 Å². The molecule has 100 valence electrons. The maximum atomic E-state index is 11.9. The van der Waals surface area contributed by atoms with E-state index in [9.17, 15) is 8.42 Å². The summed E-state index contributed by atoms with van der Waals surface area (Å²) in [5, 5.41) is 0. The van der Waals surface area contributed by atoms with E-state index in [0.29, 0.717) is 12.3 Å². The average molecular weight is 267 g/mol. The third-order valence-electron chi connectivity index (χ3n) is 4.05. The molecule has 1 aliphatic rings. The molecule has 1 aromatic carbocycles. The molecule has 1 fully saturated rings. The number of benzene rings is 1. The van der Waals surface area contributed by atoms with E-state index in [1.807, 2.05) is 24.3 Å². The minimum Gasteiger partial charge on any atom is -0.326 e. The Labute approximate surface area is 109 Å². The van der Waals surface area contributed by atoms with Crippen LogP contribution in [0.5, 0.6) is 0 Å². The van der Waals surface area contributed by atoms with Crippen LogP contribution in [0.25, 0.3) is 0 Å². The lowest BCUT2D eigenvalue weighted by Gasteiger charge is -2.42. The van der Waals surface area contributed by atoms with Crippen molar-refractivity contribution < 1.29 is 8.42 Å². The van der Waals surface area contributed by atoms with Crippen LogP contribution in [-0.2, 0) is 21.8 Å². The highest BCUT2D eigenvalue weighted by Crippen LogP contribution is 2.44. The van der Waals surface area contributed by atoms with Gasteiger partial charge in [0.05, 0.1) is 5.75 Å². The van der Waals surface area contributed by atoms with Crippen LogP contribution in [0.2, 0.25) is 0 Å². The lowest BCUT2D eigenvalue weighted by atomic mass is 9.66. The van der Waals surface area contributed by atoms with Crippen LogP contribution in [-0.4, -0.2) is 19.9 Å². The number of nitrogens with two attached hydrogens (primary N) is 1. The lowest BCUT2D eigenvalue weighted by Crippen LogP contribution is -2.41. The van der Waals surface area contributed by atoms with Crippen molar-refractivity contribution in [3.8, 4) is 0 Å². The van der Waals surface area contributed by atoms with E-state index in [2.05, 4.69) is 0 Å². The fourth-order valence-electron chi connectivity index (χ4n) is 2.64. The molecule has 0 atom stereocenters. The molecule has 1 saturated carbocycles. The molecule has 4 heteroatoms. The Morgan fingerprint density at radius 2 is 1.83 bits per heavy atom. The first kappa shape index (κ1) is 13.6. The van der Waals surface area contributed by atoms with E-state index in [0.717, 1.165) is 30.4 Å². The molecular weight excluding hydrogens is 246 g/mol. The van der Waals surface area contributed by atoms with Gasteiger partial charge in [-0.25, -0.2) is 8.42 Å². The van der Waals surface area contributed by atoms with Crippen molar-refractivity contribution in [2.45, 2.75) is 38.1 Å². The summed E-state index contributed by atoms with van der Waals surface area (Å²) in [5.74, 6) is 0.522. The smallest absolute Gasteiger partial charge is 0.150 e. The Bertz CT molecular complexity index is 501. The van der Waals surface area contributed by atoms with Crippen molar-refractivity contribution >= 4 is 9.84 Å². The normalized spacial score (nSPS) is 18.3. The van der Waals surface area contributed by atoms with Gasteiger partial charge in [-0.05, 0) is 24.0 Å². The van der Waals surface area contributed by atoms with Gasteiger partial charge in [0.15, 0.2) is 9.84 Å². The van der Waals surface area contributed by atoms with Gasteiger partial charge in [-0.2, -0.15) is 0 Å². The maximum Gasteiger partial charge on any atom is 0.150 e. The summed E-state index contributed by atoms with van der Waals surface area (Å²) < 4.78 is 23.8. The number of hydrogen-bond donors (Lipinski definition) is 1. The predicted molar refractivity (Wildman–Crippen MR) is 74.2 cm³/mol. The van der Waals surface area contributed by atoms with Crippen LogP contribution >= 0.6 is 0 Å². The monoisotopic (exact) mass is 267 g/mol. The number of rotatable bonds is 5. The summed E-state index contributed by atoms with van der Waals surface area (Å²) >= 11 is 0. The van der Waals surface area contributed by atoms with Crippen molar-refractivity contribution in [3.05, 3.63) is 35.4 Å². The van der Waals surface area contributed by atoms with Gasteiger partial charge in [-0.3, -0.25) is 0 Å². The van der Waals surface area contributed by atoms with Crippen LogP contribution < -0.4 is 5.73 Å². The molecule has 0 saturated heterocycles.